The summed E-state index contributed by atoms with van der Waals surface area (Å²) in [4.78, 5) is 24.7. The first-order valence-electron chi connectivity index (χ1n) is 7.27. The van der Waals surface area contributed by atoms with E-state index in [0.29, 0.717) is 11.3 Å². The number of thioether (sulfide) groups is 1. The van der Waals surface area contributed by atoms with Gasteiger partial charge in [-0.25, -0.2) is 0 Å². The summed E-state index contributed by atoms with van der Waals surface area (Å²) in [6, 6.07) is 18.0. The maximum absolute atomic E-state index is 11.9. The summed E-state index contributed by atoms with van der Waals surface area (Å²) in [7, 11) is 0. The first-order valence-corrected chi connectivity index (χ1v) is 8.15. The van der Waals surface area contributed by atoms with Crippen LogP contribution in [0.3, 0.4) is 0 Å². The van der Waals surface area contributed by atoms with E-state index in [1.165, 1.54) is 11.8 Å². The van der Waals surface area contributed by atoms with Crippen LogP contribution in [0.2, 0.25) is 0 Å². The third-order valence-electron chi connectivity index (χ3n) is 3.01. The van der Waals surface area contributed by atoms with Gasteiger partial charge in [0.25, 0.3) is 5.91 Å². The first kappa shape index (κ1) is 17.6. The number of carbonyl (C=O) groups excluding carboxylic acids is 2. The minimum absolute atomic E-state index is 0.366. The summed E-state index contributed by atoms with van der Waals surface area (Å²) in [6.07, 6.45) is 0. The largest absolute Gasteiger partial charge is 0.455 e. The number of nitriles is 1. The molecule has 0 aliphatic rings. The highest BCUT2D eigenvalue weighted by Crippen LogP contribution is 2.23. The molecule has 24 heavy (non-hydrogen) atoms. The Hall–Kier alpha value is -2.78. The molecule has 0 heterocycles. The fraction of sp³-hybridized carbons (Fsp3) is 0.167. The minimum atomic E-state index is -0.454. The molecule has 122 valence electrons. The van der Waals surface area contributed by atoms with Crippen molar-refractivity contribution >= 4 is 29.3 Å². The molecule has 0 saturated carbocycles. The van der Waals surface area contributed by atoms with Gasteiger partial charge in [0.15, 0.2) is 6.61 Å². The van der Waals surface area contributed by atoms with Gasteiger partial charge in [0.1, 0.15) is 5.25 Å². The van der Waals surface area contributed by atoms with Gasteiger partial charge in [0.2, 0.25) is 0 Å². The third-order valence-corrected chi connectivity index (χ3v) is 4.10. The van der Waals surface area contributed by atoms with Gasteiger partial charge in [-0.1, -0.05) is 24.3 Å². The summed E-state index contributed by atoms with van der Waals surface area (Å²) in [5.74, 6) is -0.903. The van der Waals surface area contributed by atoms with Gasteiger partial charge >= 0.3 is 5.97 Å². The van der Waals surface area contributed by atoms with Crippen molar-refractivity contribution in [2.75, 3.05) is 11.9 Å². The van der Waals surface area contributed by atoms with Gasteiger partial charge in [-0.05, 0) is 37.3 Å². The molecule has 2 aromatic rings. The molecule has 0 fully saturated rings. The van der Waals surface area contributed by atoms with Crippen molar-refractivity contribution < 1.29 is 14.3 Å². The molecule has 2 aromatic carbocycles. The van der Waals surface area contributed by atoms with Crippen LogP contribution < -0.4 is 5.32 Å². The molecular weight excluding hydrogens is 324 g/mol. The molecule has 1 atom stereocenters. The molecule has 1 N–H and O–H groups in total. The summed E-state index contributed by atoms with van der Waals surface area (Å²) in [5.41, 5.74) is 0.930. The lowest BCUT2D eigenvalue weighted by Gasteiger charge is -2.11. The molecule has 6 heteroatoms. The van der Waals surface area contributed by atoms with E-state index in [1.807, 2.05) is 36.4 Å². The van der Waals surface area contributed by atoms with Crippen LogP contribution in [0.4, 0.5) is 5.69 Å². The Labute approximate surface area is 144 Å². The van der Waals surface area contributed by atoms with Crippen LogP contribution in [0.25, 0.3) is 0 Å². The van der Waals surface area contributed by atoms with Crippen molar-refractivity contribution in [3.8, 4) is 6.07 Å². The van der Waals surface area contributed by atoms with Gasteiger partial charge in [0.05, 0.1) is 11.6 Å². The predicted molar refractivity (Wildman–Crippen MR) is 92.5 cm³/mol. The summed E-state index contributed by atoms with van der Waals surface area (Å²) >= 11 is 1.37. The van der Waals surface area contributed by atoms with Crippen molar-refractivity contribution in [3.05, 3.63) is 60.2 Å². The van der Waals surface area contributed by atoms with Crippen LogP contribution in [-0.2, 0) is 14.3 Å². The van der Waals surface area contributed by atoms with Crippen molar-refractivity contribution in [1.29, 1.82) is 5.26 Å². The number of anilines is 1. The summed E-state index contributed by atoms with van der Waals surface area (Å²) in [6.45, 7) is 1.36. The normalized spacial score (nSPS) is 11.2. The highest BCUT2D eigenvalue weighted by Gasteiger charge is 2.17. The molecule has 0 spiro atoms. The second-order valence-electron chi connectivity index (χ2n) is 4.92. The summed E-state index contributed by atoms with van der Waals surface area (Å²) in [5, 5.41) is 11.0. The second-order valence-corrected chi connectivity index (χ2v) is 6.34. The molecule has 1 amide bonds. The van der Waals surface area contributed by atoms with Gasteiger partial charge in [-0.3, -0.25) is 9.59 Å². The third kappa shape index (κ3) is 5.45. The van der Waals surface area contributed by atoms with E-state index in [0.717, 1.165) is 4.90 Å². The number of ether oxygens (including phenoxy) is 1. The van der Waals surface area contributed by atoms with Crippen LogP contribution >= 0.6 is 11.8 Å². The highest BCUT2D eigenvalue weighted by molar-refractivity contribution is 8.00. The monoisotopic (exact) mass is 340 g/mol. The number of hydrogen-bond acceptors (Lipinski definition) is 5. The molecule has 2 rings (SSSR count). The lowest BCUT2D eigenvalue weighted by molar-refractivity contribution is -0.146. The fourth-order valence-electron chi connectivity index (χ4n) is 1.87. The van der Waals surface area contributed by atoms with Crippen LogP contribution in [0.5, 0.6) is 0 Å². The van der Waals surface area contributed by atoms with Crippen LogP contribution in [0, 0.1) is 11.3 Å². The Morgan fingerprint density at radius 2 is 1.96 bits per heavy atom. The Balaban J connectivity index is 1.80. The number of benzene rings is 2. The van der Waals surface area contributed by atoms with Crippen molar-refractivity contribution in [1.82, 2.24) is 0 Å². The number of rotatable bonds is 6. The van der Waals surface area contributed by atoms with E-state index >= 15 is 0 Å². The van der Waals surface area contributed by atoms with Crippen LogP contribution in [-0.4, -0.2) is 23.7 Å². The number of hydrogen-bond donors (Lipinski definition) is 1. The lowest BCUT2D eigenvalue weighted by Crippen LogP contribution is -2.24. The van der Waals surface area contributed by atoms with Crippen molar-refractivity contribution in [3.63, 3.8) is 0 Å². The quantitative estimate of drug-likeness (QED) is 0.645. The first-order chi connectivity index (χ1) is 11.6. The Morgan fingerprint density at radius 3 is 2.67 bits per heavy atom. The average molecular weight is 340 g/mol. The van der Waals surface area contributed by atoms with Crippen LogP contribution in [0.1, 0.15) is 12.5 Å². The maximum Gasteiger partial charge on any atom is 0.319 e. The van der Waals surface area contributed by atoms with Crippen molar-refractivity contribution in [2.24, 2.45) is 0 Å². The Morgan fingerprint density at radius 1 is 1.21 bits per heavy atom. The Bertz CT molecular complexity index is 756. The number of esters is 1. The average Bonchev–Trinajstić information content (AvgIpc) is 2.60. The van der Waals surface area contributed by atoms with Gasteiger partial charge in [-0.15, -0.1) is 11.8 Å². The molecule has 0 aliphatic carbocycles. The lowest BCUT2D eigenvalue weighted by atomic mass is 10.2. The number of nitrogens with zero attached hydrogens (tertiary/aromatic N) is 1. The summed E-state index contributed by atoms with van der Waals surface area (Å²) < 4.78 is 5.03. The van der Waals surface area contributed by atoms with E-state index in [2.05, 4.69) is 5.32 Å². The van der Waals surface area contributed by atoms with E-state index in [4.69, 9.17) is 10.00 Å². The van der Waals surface area contributed by atoms with E-state index in [1.54, 1.807) is 31.2 Å². The smallest absolute Gasteiger partial charge is 0.319 e. The topological polar surface area (TPSA) is 79.2 Å². The highest BCUT2D eigenvalue weighted by atomic mass is 32.2. The molecule has 0 unspecified atom stereocenters. The van der Waals surface area contributed by atoms with E-state index < -0.39 is 17.1 Å². The van der Waals surface area contributed by atoms with Crippen LogP contribution in [0.15, 0.2) is 59.5 Å². The van der Waals surface area contributed by atoms with Gasteiger partial charge < -0.3 is 10.1 Å². The molecule has 0 aromatic heterocycles. The maximum atomic E-state index is 11.9. The standard InChI is InChI=1S/C18H16N2O3S/c1-13(24-16-8-3-2-4-9-16)18(22)23-12-17(21)20-15-7-5-6-14(10-15)11-19/h2-10,13H,12H2,1H3,(H,20,21)/t13-/m0/s1. The van der Waals surface area contributed by atoms with Gasteiger partial charge in [-0.2, -0.15) is 5.26 Å². The fourth-order valence-corrected chi connectivity index (χ4v) is 2.76. The molecule has 0 aliphatic heterocycles. The minimum Gasteiger partial charge on any atom is -0.455 e. The SMILES string of the molecule is C[C@H](Sc1ccccc1)C(=O)OCC(=O)Nc1cccc(C#N)c1. The number of carbonyl (C=O) groups is 2. The molecule has 5 nitrogen and oxygen atoms in total. The second kappa shape index (κ2) is 8.75. The molecular formula is C18H16N2O3S. The molecule has 0 bridgehead atoms. The Kier molecular flexibility index (Phi) is 6.41. The van der Waals surface area contributed by atoms with Crippen molar-refractivity contribution in [2.45, 2.75) is 17.1 Å². The van der Waals surface area contributed by atoms with E-state index in [9.17, 15) is 9.59 Å². The number of amides is 1. The molecule has 0 saturated heterocycles. The predicted octanol–water partition coefficient (Wildman–Crippen LogP) is 3.22. The molecule has 0 radical (unpaired) electrons. The zero-order valence-electron chi connectivity index (χ0n) is 13.1. The zero-order chi connectivity index (χ0) is 17.4. The zero-order valence-corrected chi connectivity index (χ0v) is 13.9. The van der Waals surface area contributed by atoms with Gasteiger partial charge in [0, 0.05) is 10.6 Å². The van der Waals surface area contributed by atoms with E-state index in [-0.39, 0.29) is 6.61 Å². The number of nitrogens with one attached hydrogen (secondary N) is 1.